The Morgan fingerprint density at radius 1 is 0.973 bits per heavy atom. The zero-order valence-corrected chi connectivity index (χ0v) is 20.6. The van der Waals surface area contributed by atoms with Crippen molar-refractivity contribution in [3.05, 3.63) is 95.6 Å². The monoisotopic (exact) mass is 499 g/mol. The predicted octanol–water partition coefficient (Wildman–Crippen LogP) is 5.48. The third-order valence-corrected chi connectivity index (χ3v) is 6.56. The lowest BCUT2D eigenvalue weighted by Crippen LogP contribution is -2.36. The Hall–Kier alpha value is -4.10. The van der Waals surface area contributed by atoms with Crippen LogP contribution in [0.15, 0.2) is 84.4 Å². The smallest absolute Gasteiger partial charge is 0.295 e. The number of rotatable bonds is 8. The number of hydrogen-bond donors (Lipinski definition) is 1. The maximum Gasteiger partial charge on any atom is 0.295 e. The average molecular weight is 500 g/mol. The highest BCUT2D eigenvalue weighted by molar-refractivity contribution is 6.46. The molecule has 37 heavy (non-hydrogen) atoms. The SMILES string of the molecule is CCOc1ccc(C(O)=C2C(=O)C(=O)N(C[C@@H]3CCCO3)[C@@H]2c2cccc(Oc3ccccc3)c2)cc1. The molecule has 2 saturated heterocycles. The van der Waals surface area contributed by atoms with Crippen molar-refractivity contribution in [3.8, 4) is 17.2 Å². The van der Waals surface area contributed by atoms with E-state index in [1.54, 1.807) is 30.3 Å². The van der Waals surface area contributed by atoms with Crippen molar-refractivity contribution in [2.75, 3.05) is 19.8 Å². The minimum Gasteiger partial charge on any atom is -0.507 e. The number of hydrogen-bond acceptors (Lipinski definition) is 6. The largest absolute Gasteiger partial charge is 0.507 e. The van der Waals surface area contributed by atoms with Crippen molar-refractivity contribution in [3.63, 3.8) is 0 Å². The molecule has 7 nitrogen and oxygen atoms in total. The molecule has 190 valence electrons. The lowest BCUT2D eigenvalue weighted by atomic mass is 9.95. The molecule has 0 bridgehead atoms. The Kier molecular flexibility index (Phi) is 7.23. The number of ketones is 1. The number of carbonyl (C=O) groups excluding carboxylic acids is 2. The van der Waals surface area contributed by atoms with Crippen molar-refractivity contribution >= 4 is 17.4 Å². The molecule has 2 aliphatic heterocycles. The summed E-state index contributed by atoms with van der Waals surface area (Å²) in [5.74, 6) is 0.289. The summed E-state index contributed by atoms with van der Waals surface area (Å²) < 4.78 is 17.3. The Morgan fingerprint density at radius 3 is 2.43 bits per heavy atom. The van der Waals surface area contributed by atoms with Gasteiger partial charge in [0, 0.05) is 18.7 Å². The molecular formula is C30H29NO6. The van der Waals surface area contributed by atoms with Gasteiger partial charge in [-0.15, -0.1) is 0 Å². The molecule has 1 N–H and O–H groups in total. The van der Waals surface area contributed by atoms with Crippen LogP contribution in [0.5, 0.6) is 17.2 Å². The van der Waals surface area contributed by atoms with Gasteiger partial charge in [-0.1, -0.05) is 30.3 Å². The highest BCUT2D eigenvalue weighted by atomic mass is 16.5. The van der Waals surface area contributed by atoms with E-state index in [4.69, 9.17) is 14.2 Å². The van der Waals surface area contributed by atoms with Gasteiger partial charge < -0.3 is 24.2 Å². The minimum atomic E-state index is -0.782. The van der Waals surface area contributed by atoms with Crippen LogP contribution in [0.2, 0.25) is 0 Å². The maximum absolute atomic E-state index is 13.3. The van der Waals surface area contributed by atoms with Crippen LogP contribution in [0.1, 0.15) is 36.9 Å². The number of aliphatic hydroxyl groups is 1. The van der Waals surface area contributed by atoms with E-state index in [-0.39, 0.29) is 24.0 Å². The Bertz CT molecular complexity index is 1300. The molecule has 3 aromatic carbocycles. The third-order valence-electron chi connectivity index (χ3n) is 6.56. The van der Waals surface area contributed by atoms with Gasteiger partial charge >= 0.3 is 0 Å². The van der Waals surface area contributed by atoms with Crippen LogP contribution in [0.4, 0.5) is 0 Å². The average Bonchev–Trinajstić information content (AvgIpc) is 3.52. The number of benzene rings is 3. The number of ether oxygens (including phenoxy) is 3. The van der Waals surface area contributed by atoms with Crippen LogP contribution in [0, 0.1) is 0 Å². The van der Waals surface area contributed by atoms with Crippen LogP contribution in [-0.2, 0) is 14.3 Å². The van der Waals surface area contributed by atoms with Crippen molar-refractivity contribution in [1.29, 1.82) is 0 Å². The normalized spacial score (nSPS) is 20.8. The van der Waals surface area contributed by atoms with Crippen LogP contribution in [0.25, 0.3) is 5.76 Å². The first-order valence-electron chi connectivity index (χ1n) is 12.5. The quantitative estimate of drug-likeness (QED) is 0.251. The molecule has 0 aliphatic carbocycles. The maximum atomic E-state index is 13.3. The van der Waals surface area contributed by atoms with Gasteiger partial charge in [0.05, 0.1) is 24.3 Å². The van der Waals surface area contributed by atoms with E-state index in [9.17, 15) is 14.7 Å². The van der Waals surface area contributed by atoms with Gasteiger partial charge in [0.15, 0.2) is 0 Å². The van der Waals surface area contributed by atoms with E-state index >= 15 is 0 Å². The van der Waals surface area contributed by atoms with E-state index in [1.165, 1.54) is 4.90 Å². The first kappa shape index (κ1) is 24.6. The molecule has 2 heterocycles. The summed E-state index contributed by atoms with van der Waals surface area (Å²) in [7, 11) is 0. The van der Waals surface area contributed by atoms with Crippen LogP contribution in [-0.4, -0.2) is 47.6 Å². The first-order chi connectivity index (χ1) is 18.0. The number of carbonyl (C=O) groups is 2. The second-order valence-electron chi connectivity index (χ2n) is 9.03. The number of nitrogens with zero attached hydrogens (tertiary/aromatic N) is 1. The highest BCUT2D eigenvalue weighted by Crippen LogP contribution is 2.41. The van der Waals surface area contributed by atoms with E-state index in [2.05, 4.69) is 0 Å². The predicted molar refractivity (Wildman–Crippen MR) is 139 cm³/mol. The molecule has 0 radical (unpaired) electrons. The number of likely N-dealkylation sites (tertiary alicyclic amines) is 1. The molecule has 7 heteroatoms. The molecule has 1 amide bonds. The van der Waals surface area contributed by atoms with Crippen molar-refractivity contribution in [2.24, 2.45) is 0 Å². The van der Waals surface area contributed by atoms with E-state index in [0.29, 0.717) is 41.6 Å². The van der Waals surface area contributed by atoms with Crippen LogP contribution < -0.4 is 9.47 Å². The van der Waals surface area contributed by atoms with Gasteiger partial charge in [0.25, 0.3) is 11.7 Å². The van der Waals surface area contributed by atoms with Crippen LogP contribution >= 0.6 is 0 Å². The summed E-state index contributed by atoms with van der Waals surface area (Å²) in [6, 6.07) is 22.7. The fourth-order valence-corrected chi connectivity index (χ4v) is 4.83. The van der Waals surface area contributed by atoms with Crippen molar-refractivity contribution in [2.45, 2.75) is 31.9 Å². The number of para-hydroxylation sites is 1. The van der Waals surface area contributed by atoms with E-state index in [1.807, 2.05) is 55.5 Å². The second kappa shape index (κ2) is 10.9. The van der Waals surface area contributed by atoms with E-state index in [0.717, 1.165) is 12.8 Å². The van der Waals surface area contributed by atoms with Crippen molar-refractivity contribution in [1.82, 2.24) is 4.90 Å². The molecule has 0 unspecified atom stereocenters. The first-order valence-corrected chi connectivity index (χ1v) is 12.5. The Balaban J connectivity index is 1.56. The molecule has 0 saturated carbocycles. The number of aliphatic hydroxyl groups excluding tert-OH is 1. The number of amides is 1. The van der Waals surface area contributed by atoms with Crippen molar-refractivity contribution < 1.29 is 28.9 Å². The third kappa shape index (κ3) is 5.22. The lowest BCUT2D eigenvalue weighted by molar-refractivity contribution is -0.140. The van der Waals surface area contributed by atoms with Crippen LogP contribution in [0.3, 0.4) is 0 Å². The molecular weight excluding hydrogens is 470 g/mol. The van der Waals surface area contributed by atoms with Gasteiger partial charge in [0.1, 0.15) is 23.0 Å². The second-order valence-corrected chi connectivity index (χ2v) is 9.03. The zero-order chi connectivity index (χ0) is 25.8. The summed E-state index contributed by atoms with van der Waals surface area (Å²) in [5.41, 5.74) is 1.14. The standard InChI is InChI=1S/C30H29NO6/c1-2-35-22-15-13-20(14-16-22)28(32)26-27(31(30(34)29(26)33)19-25-12-7-17-36-25)21-8-6-11-24(18-21)37-23-9-4-3-5-10-23/h3-6,8-11,13-16,18,25,27,32H,2,7,12,17,19H2,1H3/t25-,27+/m0/s1. The summed E-state index contributed by atoms with van der Waals surface area (Å²) in [6.45, 7) is 3.30. The van der Waals surface area contributed by atoms with Gasteiger partial charge in [-0.3, -0.25) is 9.59 Å². The summed E-state index contributed by atoms with van der Waals surface area (Å²) in [4.78, 5) is 28.1. The Labute approximate surface area is 215 Å². The minimum absolute atomic E-state index is 0.0454. The molecule has 5 rings (SSSR count). The molecule has 3 aromatic rings. The number of Topliss-reactive ketones (excluding diaryl/α,β-unsaturated/α-hetero) is 1. The summed E-state index contributed by atoms with van der Waals surface area (Å²) in [6.07, 6.45) is 1.56. The van der Waals surface area contributed by atoms with E-state index < -0.39 is 17.7 Å². The van der Waals surface area contributed by atoms with Gasteiger partial charge in [-0.2, -0.15) is 0 Å². The van der Waals surface area contributed by atoms with Gasteiger partial charge in [0.2, 0.25) is 0 Å². The van der Waals surface area contributed by atoms with Gasteiger partial charge in [-0.05, 0) is 73.9 Å². The molecule has 2 aliphatic rings. The molecule has 2 atom stereocenters. The molecule has 2 fully saturated rings. The topological polar surface area (TPSA) is 85.3 Å². The fraction of sp³-hybridized carbons (Fsp3) is 0.267. The van der Waals surface area contributed by atoms with Gasteiger partial charge in [-0.25, -0.2) is 0 Å². The lowest BCUT2D eigenvalue weighted by Gasteiger charge is -2.27. The fourth-order valence-electron chi connectivity index (χ4n) is 4.83. The highest BCUT2D eigenvalue weighted by Gasteiger charge is 2.47. The zero-order valence-electron chi connectivity index (χ0n) is 20.6. The summed E-state index contributed by atoms with van der Waals surface area (Å²) in [5, 5.41) is 11.3. The molecule has 0 spiro atoms. The molecule has 0 aromatic heterocycles. The Morgan fingerprint density at radius 2 is 1.73 bits per heavy atom. The summed E-state index contributed by atoms with van der Waals surface area (Å²) >= 11 is 0.